The third-order valence-electron chi connectivity index (χ3n) is 6.11. The van der Waals surface area contributed by atoms with Gasteiger partial charge >= 0.3 is 0 Å². The van der Waals surface area contributed by atoms with Crippen molar-refractivity contribution in [3.8, 4) is 0 Å². The van der Waals surface area contributed by atoms with Crippen LogP contribution in [0.3, 0.4) is 0 Å². The van der Waals surface area contributed by atoms with Crippen LogP contribution in [0.5, 0.6) is 0 Å². The maximum absolute atomic E-state index is 12.7. The number of carbonyl (C=O) groups excluding carboxylic acids is 2. The Bertz CT molecular complexity index is 1050. The van der Waals surface area contributed by atoms with Gasteiger partial charge in [0, 0.05) is 34.1 Å². The highest BCUT2D eigenvalue weighted by Gasteiger charge is 2.31. The van der Waals surface area contributed by atoms with Gasteiger partial charge < -0.3 is 10.3 Å². The summed E-state index contributed by atoms with van der Waals surface area (Å²) >= 11 is 3.49. The number of hydrogen-bond donors (Lipinski definition) is 2. The number of Topliss-reactive ketones (excluding diaryl/α,β-unsaturated/α-hetero) is 1. The molecule has 3 aromatic rings. The number of nitrogens with one attached hydrogen (secondary N) is 2. The molecule has 30 heavy (non-hydrogen) atoms. The first kappa shape index (κ1) is 20.8. The van der Waals surface area contributed by atoms with Crippen LogP contribution in [0.2, 0.25) is 0 Å². The van der Waals surface area contributed by atoms with Crippen molar-refractivity contribution < 1.29 is 9.59 Å². The first-order valence-electron chi connectivity index (χ1n) is 10.5. The fourth-order valence-electron chi connectivity index (χ4n) is 4.34. The monoisotopic (exact) mass is 467 g/mol. The number of halogens is 1. The van der Waals surface area contributed by atoms with Gasteiger partial charge in [-0.05, 0) is 66.1 Å². The van der Waals surface area contributed by atoms with Gasteiger partial charge in [0.15, 0.2) is 5.78 Å². The van der Waals surface area contributed by atoms with E-state index >= 15 is 0 Å². The molecule has 2 N–H and O–H groups in total. The van der Waals surface area contributed by atoms with Crippen LogP contribution >= 0.6 is 15.9 Å². The molecular weight excluding hydrogens is 442 g/mol. The molecule has 4 rings (SSSR count). The molecule has 1 aliphatic rings. The Kier molecular flexibility index (Phi) is 6.32. The Morgan fingerprint density at radius 1 is 1.23 bits per heavy atom. The van der Waals surface area contributed by atoms with E-state index in [-0.39, 0.29) is 17.6 Å². The van der Waals surface area contributed by atoms with Crippen molar-refractivity contribution in [3.05, 3.63) is 64.5 Å². The molecule has 0 unspecified atom stereocenters. The third kappa shape index (κ3) is 4.64. The second-order valence-electron chi connectivity index (χ2n) is 8.19. The van der Waals surface area contributed by atoms with E-state index in [4.69, 9.17) is 0 Å². The van der Waals surface area contributed by atoms with E-state index in [0.717, 1.165) is 40.3 Å². The molecule has 1 fully saturated rings. The maximum Gasteiger partial charge on any atom is 0.223 e. The number of benzene rings is 1. The van der Waals surface area contributed by atoms with Crippen LogP contribution in [0, 0.1) is 5.92 Å². The van der Waals surface area contributed by atoms with Gasteiger partial charge in [0.25, 0.3) is 0 Å². The van der Waals surface area contributed by atoms with Crippen molar-refractivity contribution in [2.24, 2.45) is 5.92 Å². The summed E-state index contributed by atoms with van der Waals surface area (Å²) in [6.45, 7) is 1.79. The number of aryl methyl sites for hydroxylation is 1. The SMILES string of the molecule is C[C@H](NC(=O)[C@@H]1CC[C@@H](c2ccccc2)C1)C(=O)CCc1cc2c(Br)cncc2[nH]1. The van der Waals surface area contributed by atoms with Gasteiger partial charge in [-0.1, -0.05) is 30.3 Å². The summed E-state index contributed by atoms with van der Waals surface area (Å²) in [6, 6.07) is 12.0. The van der Waals surface area contributed by atoms with Crippen LogP contribution in [0.4, 0.5) is 0 Å². The molecule has 0 spiro atoms. The number of aromatic amines is 1. The number of pyridine rings is 1. The average Bonchev–Trinajstić information content (AvgIpc) is 3.40. The molecule has 0 bridgehead atoms. The second kappa shape index (κ2) is 9.13. The summed E-state index contributed by atoms with van der Waals surface area (Å²) in [7, 11) is 0. The molecule has 2 heterocycles. The Morgan fingerprint density at radius 2 is 2.03 bits per heavy atom. The standard InChI is InChI=1S/C24H26BrN3O2/c1-15(23(29)10-9-19-12-20-21(25)13-26-14-22(20)28-19)27-24(30)18-8-7-17(11-18)16-5-3-2-4-6-16/h2-6,12-15,17-18,28H,7-11H2,1H3,(H,27,30)/t15-,17+,18+/m0/s1. The predicted molar refractivity (Wildman–Crippen MR) is 121 cm³/mol. The summed E-state index contributed by atoms with van der Waals surface area (Å²) < 4.78 is 0.930. The largest absolute Gasteiger partial charge is 0.357 e. The van der Waals surface area contributed by atoms with Crippen LogP contribution in [0.1, 0.15) is 49.8 Å². The van der Waals surface area contributed by atoms with Gasteiger partial charge in [0.2, 0.25) is 5.91 Å². The highest BCUT2D eigenvalue weighted by atomic mass is 79.9. The minimum Gasteiger partial charge on any atom is -0.357 e. The number of ketones is 1. The van der Waals surface area contributed by atoms with Gasteiger partial charge in [-0.25, -0.2) is 0 Å². The summed E-state index contributed by atoms with van der Waals surface area (Å²) in [6.07, 6.45) is 7.29. The quantitative estimate of drug-likeness (QED) is 0.517. The van der Waals surface area contributed by atoms with Gasteiger partial charge in [-0.2, -0.15) is 0 Å². The first-order valence-corrected chi connectivity index (χ1v) is 11.3. The smallest absolute Gasteiger partial charge is 0.223 e. The van der Waals surface area contributed by atoms with Crippen molar-refractivity contribution >= 4 is 38.5 Å². The average molecular weight is 468 g/mol. The van der Waals surface area contributed by atoms with Crippen LogP contribution in [-0.4, -0.2) is 27.7 Å². The van der Waals surface area contributed by atoms with Crippen LogP contribution in [0.15, 0.2) is 53.3 Å². The molecular formula is C24H26BrN3O2. The van der Waals surface area contributed by atoms with Crippen molar-refractivity contribution in [2.45, 2.75) is 51.0 Å². The number of carbonyl (C=O) groups is 2. The molecule has 1 aromatic carbocycles. The molecule has 5 nitrogen and oxygen atoms in total. The number of amides is 1. The lowest BCUT2D eigenvalue weighted by Crippen LogP contribution is -2.41. The lowest BCUT2D eigenvalue weighted by Gasteiger charge is -2.16. The second-order valence-corrected chi connectivity index (χ2v) is 9.05. The van der Waals surface area contributed by atoms with Gasteiger partial charge in [-0.3, -0.25) is 14.6 Å². The normalized spacial score (nSPS) is 19.7. The molecule has 1 saturated carbocycles. The van der Waals surface area contributed by atoms with E-state index in [1.165, 1.54) is 5.56 Å². The Hall–Kier alpha value is -2.47. The molecule has 3 atom stereocenters. The minimum absolute atomic E-state index is 0.00916. The number of H-pyrrole nitrogens is 1. The van der Waals surface area contributed by atoms with E-state index < -0.39 is 6.04 Å². The van der Waals surface area contributed by atoms with E-state index in [0.29, 0.717) is 18.8 Å². The van der Waals surface area contributed by atoms with E-state index in [2.05, 4.69) is 43.3 Å². The number of rotatable bonds is 7. The molecule has 6 heteroatoms. The van der Waals surface area contributed by atoms with Crippen molar-refractivity contribution in [1.29, 1.82) is 0 Å². The summed E-state index contributed by atoms with van der Waals surface area (Å²) in [5.41, 5.74) is 3.24. The Balaban J connectivity index is 1.28. The van der Waals surface area contributed by atoms with Crippen LogP contribution < -0.4 is 5.32 Å². The van der Waals surface area contributed by atoms with Gasteiger partial charge in [0.1, 0.15) is 0 Å². The highest BCUT2D eigenvalue weighted by Crippen LogP contribution is 2.38. The highest BCUT2D eigenvalue weighted by molar-refractivity contribution is 9.10. The number of hydrogen-bond acceptors (Lipinski definition) is 3. The molecule has 0 saturated heterocycles. The van der Waals surface area contributed by atoms with E-state index in [1.807, 2.05) is 24.3 Å². The van der Waals surface area contributed by atoms with Crippen LogP contribution in [0.25, 0.3) is 10.9 Å². The van der Waals surface area contributed by atoms with Crippen molar-refractivity contribution in [2.75, 3.05) is 0 Å². The molecule has 0 aliphatic heterocycles. The lowest BCUT2D eigenvalue weighted by molar-refractivity contribution is -0.129. The zero-order chi connectivity index (χ0) is 21.1. The zero-order valence-corrected chi connectivity index (χ0v) is 18.6. The van der Waals surface area contributed by atoms with Gasteiger partial charge in [0.05, 0.1) is 17.8 Å². The van der Waals surface area contributed by atoms with E-state index in [1.54, 1.807) is 19.3 Å². The topological polar surface area (TPSA) is 74.8 Å². The predicted octanol–water partition coefficient (Wildman–Crippen LogP) is 4.92. The number of nitrogens with zero attached hydrogens (tertiary/aromatic N) is 1. The lowest BCUT2D eigenvalue weighted by atomic mass is 9.96. The van der Waals surface area contributed by atoms with Gasteiger partial charge in [-0.15, -0.1) is 0 Å². The Morgan fingerprint density at radius 3 is 2.80 bits per heavy atom. The van der Waals surface area contributed by atoms with Crippen LogP contribution in [-0.2, 0) is 16.0 Å². The summed E-state index contributed by atoms with van der Waals surface area (Å²) in [5, 5.41) is 4.01. The number of aromatic nitrogens is 2. The third-order valence-corrected chi connectivity index (χ3v) is 6.74. The first-order chi connectivity index (χ1) is 14.5. The van der Waals surface area contributed by atoms with E-state index in [9.17, 15) is 9.59 Å². The van der Waals surface area contributed by atoms with Crippen molar-refractivity contribution in [3.63, 3.8) is 0 Å². The summed E-state index contributed by atoms with van der Waals surface area (Å²) in [4.78, 5) is 32.7. The maximum atomic E-state index is 12.7. The minimum atomic E-state index is -0.467. The molecule has 1 amide bonds. The Labute approximate surface area is 184 Å². The fourth-order valence-corrected chi connectivity index (χ4v) is 4.79. The zero-order valence-electron chi connectivity index (χ0n) is 17.0. The molecule has 0 radical (unpaired) electrons. The molecule has 156 valence electrons. The molecule has 2 aromatic heterocycles. The van der Waals surface area contributed by atoms with Crippen molar-refractivity contribution in [1.82, 2.24) is 15.3 Å². The summed E-state index contributed by atoms with van der Waals surface area (Å²) in [5.74, 6) is 0.486. The number of fused-ring (bicyclic) bond motifs is 1. The fraction of sp³-hybridized carbons (Fsp3) is 0.375. The molecule has 1 aliphatic carbocycles.